The van der Waals surface area contributed by atoms with Crippen LogP contribution < -0.4 is 5.32 Å². The number of hydrogen-bond acceptors (Lipinski definition) is 2. The van der Waals surface area contributed by atoms with Crippen LogP contribution in [0.15, 0.2) is 30.3 Å². The monoisotopic (exact) mass is 276 g/mol. The maximum atomic E-state index is 11.8. The standard InChI is InChI=1S/C16H24N2O2/c1-13(2)16(20)17-12-15(19)18(3)11-7-10-14-8-5-4-6-9-14/h4-6,8-9,13H,7,10-12H2,1-3H3,(H,17,20). The van der Waals surface area contributed by atoms with Crippen molar-refractivity contribution in [1.29, 1.82) is 0 Å². The van der Waals surface area contributed by atoms with Gasteiger partial charge in [0.2, 0.25) is 11.8 Å². The third kappa shape index (κ3) is 5.87. The van der Waals surface area contributed by atoms with Crippen molar-refractivity contribution in [3.8, 4) is 0 Å². The van der Waals surface area contributed by atoms with E-state index in [0.29, 0.717) is 6.54 Å². The van der Waals surface area contributed by atoms with Crippen LogP contribution in [0, 0.1) is 5.92 Å². The summed E-state index contributed by atoms with van der Waals surface area (Å²) >= 11 is 0. The van der Waals surface area contributed by atoms with Crippen LogP contribution in [-0.4, -0.2) is 36.9 Å². The predicted molar refractivity (Wildman–Crippen MR) is 80.2 cm³/mol. The molecule has 110 valence electrons. The Morgan fingerprint density at radius 2 is 1.85 bits per heavy atom. The third-order valence-corrected chi connectivity index (χ3v) is 3.17. The van der Waals surface area contributed by atoms with Crippen molar-refractivity contribution in [3.63, 3.8) is 0 Å². The molecule has 0 unspecified atom stereocenters. The predicted octanol–water partition coefficient (Wildman–Crippen LogP) is 1.85. The van der Waals surface area contributed by atoms with E-state index < -0.39 is 0 Å². The van der Waals surface area contributed by atoms with Gasteiger partial charge in [-0.3, -0.25) is 9.59 Å². The summed E-state index contributed by atoms with van der Waals surface area (Å²) in [6, 6.07) is 10.2. The van der Waals surface area contributed by atoms with Crippen LogP contribution in [0.1, 0.15) is 25.8 Å². The highest BCUT2D eigenvalue weighted by Crippen LogP contribution is 2.03. The van der Waals surface area contributed by atoms with Crippen LogP contribution in [0.4, 0.5) is 0 Å². The van der Waals surface area contributed by atoms with Gasteiger partial charge in [0, 0.05) is 19.5 Å². The van der Waals surface area contributed by atoms with Gasteiger partial charge in [-0.2, -0.15) is 0 Å². The molecule has 0 atom stereocenters. The third-order valence-electron chi connectivity index (χ3n) is 3.17. The minimum atomic E-state index is -0.0915. The summed E-state index contributed by atoms with van der Waals surface area (Å²) in [6.45, 7) is 4.40. The Hall–Kier alpha value is -1.84. The number of carbonyl (C=O) groups is 2. The smallest absolute Gasteiger partial charge is 0.241 e. The van der Waals surface area contributed by atoms with Crippen LogP contribution in [0.3, 0.4) is 0 Å². The lowest BCUT2D eigenvalue weighted by atomic mass is 10.1. The zero-order chi connectivity index (χ0) is 15.0. The van der Waals surface area contributed by atoms with Crippen molar-refractivity contribution in [2.24, 2.45) is 5.92 Å². The lowest BCUT2D eigenvalue weighted by Crippen LogP contribution is -2.39. The highest BCUT2D eigenvalue weighted by atomic mass is 16.2. The zero-order valence-corrected chi connectivity index (χ0v) is 12.6. The van der Waals surface area contributed by atoms with Gasteiger partial charge in [0.25, 0.3) is 0 Å². The quantitative estimate of drug-likeness (QED) is 0.826. The molecule has 0 aliphatic heterocycles. The van der Waals surface area contributed by atoms with Crippen molar-refractivity contribution >= 4 is 11.8 Å². The molecular formula is C16H24N2O2. The number of likely N-dealkylation sites (N-methyl/N-ethyl adjacent to an activating group) is 1. The number of benzene rings is 1. The summed E-state index contributed by atoms with van der Waals surface area (Å²) in [5.41, 5.74) is 1.28. The van der Waals surface area contributed by atoms with Crippen molar-refractivity contribution < 1.29 is 9.59 Å². The Labute approximate surface area is 121 Å². The molecule has 0 aliphatic carbocycles. The van der Waals surface area contributed by atoms with Crippen molar-refractivity contribution in [1.82, 2.24) is 10.2 Å². The molecule has 0 fully saturated rings. The van der Waals surface area contributed by atoms with E-state index in [1.165, 1.54) is 5.56 Å². The van der Waals surface area contributed by atoms with Crippen molar-refractivity contribution in [2.75, 3.05) is 20.1 Å². The Morgan fingerprint density at radius 3 is 2.45 bits per heavy atom. The Morgan fingerprint density at radius 1 is 1.20 bits per heavy atom. The largest absolute Gasteiger partial charge is 0.347 e. The fraction of sp³-hybridized carbons (Fsp3) is 0.500. The number of hydrogen-bond donors (Lipinski definition) is 1. The molecule has 1 aromatic carbocycles. The molecule has 0 aliphatic rings. The molecule has 20 heavy (non-hydrogen) atoms. The normalized spacial score (nSPS) is 10.4. The van der Waals surface area contributed by atoms with Crippen molar-refractivity contribution in [2.45, 2.75) is 26.7 Å². The van der Waals surface area contributed by atoms with Crippen LogP contribution in [-0.2, 0) is 16.0 Å². The lowest BCUT2D eigenvalue weighted by Gasteiger charge is -2.18. The molecular weight excluding hydrogens is 252 g/mol. The van der Waals surface area contributed by atoms with Crippen LogP contribution in [0.2, 0.25) is 0 Å². The number of nitrogens with zero attached hydrogens (tertiary/aromatic N) is 1. The number of carbonyl (C=O) groups excluding carboxylic acids is 2. The number of rotatable bonds is 7. The second-order valence-electron chi connectivity index (χ2n) is 5.28. The average molecular weight is 276 g/mol. The van der Waals surface area contributed by atoms with Crippen LogP contribution >= 0.6 is 0 Å². The summed E-state index contributed by atoms with van der Waals surface area (Å²) in [7, 11) is 1.77. The first-order valence-electron chi connectivity index (χ1n) is 7.06. The van der Waals surface area contributed by atoms with E-state index in [4.69, 9.17) is 0 Å². The highest BCUT2D eigenvalue weighted by Gasteiger charge is 2.11. The van der Waals surface area contributed by atoms with E-state index in [0.717, 1.165) is 12.8 Å². The Bertz CT molecular complexity index is 429. The van der Waals surface area contributed by atoms with Crippen LogP contribution in [0.5, 0.6) is 0 Å². The fourth-order valence-corrected chi connectivity index (χ4v) is 1.79. The molecule has 1 aromatic rings. The van der Waals surface area contributed by atoms with Gasteiger partial charge in [-0.15, -0.1) is 0 Å². The summed E-state index contributed by atoms with van der Waals surface area (Å²) < 4.78 is 0. The molecule has 4 heteroatoms. The Kier molecular flexibility index (Phi) is 6.77. The highest BCUT2D eigenvalue weighted by molar-refractivity contribution is 5.85. The number of nitrogens with one attached hydrogen (secondary N) is 1. The molecule has 0 radical (unpaired) electrons. The molecule has 0 aromatic heterocycles. The molecule has 0 bridgehead atoms. The van der Waals surface area contributed by atoms with Crippen molar-refractivity contribution in [3.05, 3.63) is 35.9 Å². The maximum absolute atomic E-state index is 11.8. The van der Waals surface area contributed by atoms with Gasteiger partial charge in [0.05, 0.1) is 6.54 Å². The number of amides is 2. The van der Waals surface area contributed by atoms with E-state index in [1.807, 2.05) is 32.0 Å². The first-order chi connectivity index (χ1) is 9.50. The molecule has 4 nitrogen and oxygen atoms in total. The summed E-state index contributed by atoms with van der Waals surface area (Å²) in [5, 5.41) is 2.64. The molecule has 0 spiro atoms. The summed E-state index contributed by atoms with van der Waals surface area (Å²) in [5.74, 6) is -0.228. The van der Waals surface area contributed by atoms with E-state index in [2.05, 4.69) is 17.4 Å². The van der Waals surface area contributed by atoms with E-state index in [1.54, 1.807) is 11.9 Å². The summed E-state index contributed by atoms with van der Waals surface area (Å²) in [4.78, 5) is 24.9. The molecule has 1 N–H and O–H groups in total. The maximum Gasteiger partial charge on any atom is 0.241 e. The lowest BCUT2D eigenvalue weighted by molar-refractivity contribution is -0.132. The average Bonchev–Trinajstić information content (AvgIpc) is 2.45. The molecule has 2 amide bonds. The molecule has 1 rings (SSSR count). The Balaban J connectivity index is 2.23. The molecule has 0 saturated heterocycles. The first-order valence-corrected chi connectivity index (χ1v) is 7.06. The fourth-order valence-electron chi connectivity index (χ4n) is 1.79. The second-order valence-corrected chi connectivity index (χ2v) is 5.28. The summed E-state index contributed by atoms with van der Waals surface area (Å²) in [6.07, 6.45) is 1.88. The van der Waals surface area contributed by atoms with E-state index >= 15 is 0 Å². The van der Waals surface area contributed by atoms with Gasteiger partial charge in [-0.05, 0) is 18.4 Å². The van der Waals surface area contributed by atoms with E-state index in [-0.39, 0.29) is 24.3 Å². The first kappa shape index (κ1) is 16.2. The second kappa shape index (κ2) is 8.35. The van der Waals surface area contributed by atoms with Gasteiger partial charge in [-0.25, -0.2) is 0 Å². The number of aryl methyl sites for hydroxylation is 1. The topological polar surface area (TPSA) is 49.4 Å². The van der Waals surface area contributed by atoms with Gasteiger partial charge in [-0.1, -0.05) is 44.2 Å². The van der Waals surface area contributed by atoms with E-state index in [9.17, 15) is 9.59 Å². The molecule has 0 heterocycles. The van der Waals surface area contributed by atoms with Gasteiger partial charge >= 0.3 is 0 Å². The minimum absolute atomic E-state index is 0.0490. The minimum Gasteiger partial charge on any atom is -0.347 e. The van der Waals surface area contributed by atoms with Gasteiger partial charge in [0.15, 0.2) is 0 Å². The zero-order valence-electron chi connectivity index (χ0n) is 12.6. The van der Waals surface area contributed by atoms with Crippen LogP contribution in [0.25, 0.3) is 0 Å². The SMILES string of the molecule is CC(C)C(=O)NCC(=O)N(C)CCCc1ccccc1. The van der Waals surface area contributed by atoms with Gasteiger partial charge < -0.3 is 10.2 Å². The molecule has 0 saturated carbocycles. The van der Waals surface area contributed by atoms with Gasteiger partial charge in [0.1, 0.15) is 0 Å².